The molecule has 0 spiro atoms. The van der Waals surface area contributed by atoms with Gasteiger partial charge in [-0.3, -0.25) is 14.4 Å². The number of hydrogen-bond donors (Lipinski definition) is 0. The van der Waals surface area contributed by atoms with Crippen LogP contribution >= 0.6 is 0 Å². The molecule has 1 aromatic heterocycles. The van der Waals surface area contributed by atoms with E-state index in [1.54, 1.807) is 46.2 Å². The summed E-state index contributed by atoms with van der Waals surface area (Å²) in [6.45, 7) is 2.62. The highest BCUT2D eigenvalue weighted by atomic mass is 19.1. The maximum absolute atomic E-state index is 13.8. The first-order chi connectivity index (χ1) is 19.4. The average Bonchev–Trinajstić information content (AvgIpc) is 3.78. The number of unbranched alkanes of at least 4 members (excludes halogenated alkanes) is 1. The molecule has 5 rings (SSSR count). The van der Waals surface area contributed by atoms with Crippen molar-refractivity contribution >= 4 is 22.8 Å². The van der Waals surface area contributed by atoms with Crippen LogP contribution in [0.2, 0.25) is 0 Å². The highest BCUT2D eigenvalue weighted by molar-refractivity contribution is 5.88. The molecule has 1 aliphatic carbocycles. The largest absolute Gasteiger partial charge is 0.464 e. The van der Waals surface area contributed by atoms with Gasteiger partial charge in [-0.25, -0.2) is 4.39 Å². The molecule has 7 heteroatoms. The molecule has 1 heterocycles. The van der Waals surface area contributed by atoms with E-state index in [9.17, 15) is 18.8 Å². The third kappa shape index (κ3) is 6.30. The van der Waals surface area contributed by atoms with Gasteiger partial charge in [0.2, 0.25) is 11.8 Å². The highest BCUT2D eigenvalue weighted by Crippen LogP contribution is 2.48. The van der Waals surface area contributed by atoms with Gasteiger partial charge in [-0.15, -0.1) is 0 Å². The van der Waals surface area contributed by atoms with E-state index in [4.69, 9.17) is 4.42 Å². The second kappa shape index (κ2) is 12.3. The van der Waals surface area contributed by atoms with Crippen molar-refractivity contribution in [3.8, 4) is 0 Å². The van der Waals surface area contributed by atoms with Crippen LogP contribution in [0, 0.1) is 11.7 Å². The lowest BCUT2D eigenvalue weighted by atomic mass is 10.1. The summed E-state index contributed by atoms with van der Waals surface area (Å²) in [4.78, 5) is 43.8. The summed E-state index contributed by atoms with van der Waals surface area (Å²) in [5, 5.41) is 0.439. The first kappa shape index (κ1) is 27.3. The molecule has 0 saturated heterocycles. The number of hydrogen-bond acceptors (Lipinski definition) is 4. The van der Waals surface area contributed by atoms with Gasteiger partial charge < -0.3 is 14.2 Å². The molecule has 0 aliphatic heterocycles. The summed E-state index contributed by atoms with van der Waals surface area (Å²) < 4.78 is 19.3. The van der Waals surface area contributed by atoms with E-state index in [0.29, 0.717) is 23.1 Å². The van der Waals surface area contributed by atoms with Crippen molar-refractivity contribution in [2.75, 3.05) is 13.1 Å². The molecule has 206 valence electrons. The van der Waals surface area contributed by atoms with Gasteiger partial charge in [0.05, 0.1) is 30.3 Å². The minimum atomic E-state index is -0.370. The van der Waals surface area contributed by atoms with Gasteiger partial charge >= 0.3 is 0 Å². The van der Waals surface area contributed by atoms with Crippen LogP contribution in [0.3, 0.4) is 0 Å². The molecule has 1 saturated carbocycles. The lowest BCUT2D eigenvalue weighted by Gasteiger charge is -2.28. The van der Waals surface area contributed by atoms with Gasteiger partial charge in [0.25, 0.3) is 0 Å². The molecule has 1 aliphatic rings. The fraction of sp³-hybridized carbons (Fsp3) is 0.303. The van der Waals surface area contributed by atoms with Gasteiger partial charge in [0.1, 0.15) is 11.4 Å². The molecule has 0 N–H and O–H groups in total. The van der Waals surface area contributed by atoms with Crippen molar-refractivity contribution in [2.24, 2.45) is 5.92 Å². The van der Waals surface area contributed by atoms with Crippen molar-refractivity contribution in [1.29, 1.82) is 0 Å². The van der Waals surface area contributed by atoms with Gasteiger partial charge in [-0.05, 0) is 54.2 Å². The third-order valence-electron chi connectivity index (χ3n) is 7.51. The lowest BCUT2D eigenvalue weighted by Crippen LogP contribution is -2.44. The topological polar surface area (TPSA) is 70.8 Å². The Morgan fingerprint density at radius 3 is 2.40 bits per heavy atom. The summed E-state index contributed by atoms with van der Waals surface area (Å²) in [6.07, 6.45) is 3.84. The zero-order chi connectivity index (χ0) is 28.1. The van der Waals surface area contributed by atoms with E-state index in [1.165, 1.54) is 18.4 Å². The van der Waals surface area contributed by atoms with Crippen molar-refractivity contribution in [2.45, 2.75) is 45.2 Å². The molecular weight excluding hydrogens is 507 g/mol. The van der Waals surface area contributed by atoms with Crippen molar-refractivity contribution in [1.82, 2.24) is 9.80 Å². The number of para-hydroxylation sites is 1. The number of carbonyl (C=O) groups is 2. The minimum absolute atomic E-state index is 0.00918. The zero-order valence-electron chi connectivity index (χ0n) is 22.6. The van der Waals surface area contributed by atoms with Gasteiger partial charge in [-0.1, -0.05) is 67.9 Å². The second-order valence-electron chi connectivity index (χ2n) is 10.4. The molecule has 0 radical (unpaired) electrons. The second-order valence-corrected chi connectivity index (χ2v) is 10.4. The first-order valence-electron chi connectivity index (χ1n) is 13.8. The quantitative estimate of drug-likeness (QED) is 0.238. The van der Waals surface area contributed by atoms with Gasteiger partial charge in [0, 0.05) is 19.0 Å². The predicted molar refractivity (Wildman–Crippen MR) is 152 cm³/mol. The molecule has 4 aromatic rings. The highest BCUT2D eigenvalue weighted by Gasteiger charge is 2.46. The predicted octanol–water partition coefficient (Wildman–Crippen LogP) is 5.89. The van der Waals surface area contributed by atoms with Crippen LogP contribution in [0.1, 0.15) is 48.8 Å². The maximum Gasteiger partial charge on any atom is 0.242 e. The number of rotatable bonds is 11. The van der Waals surface area contributed by atoms with E-state index >= 15 is 0 Å². The number of fused-ring (bicyclic) bond motifs is 1. The molecule has 40 heavy (non-hydrogen) atoms. The molecule has 2 unspecified atom stereocenters. The summed E-state index contributed by atoms with van der Waals surface area (Å²) in [7, 11) is 0. The van der Waals surface area contributed by atoms with Crippen LogP contribution in [0.5, 0.6) is 0 Å². The number of carbonyl (C=O) groups excluding carboxylic acids is 2. The van der Waals surface area contributed by atoms with E-state index < -0.39 is 0 Å². The smallest absolute Gasteiger partial charge is 0.242 e. The Hall–Kier alpha value is -4.26. The van der Waals surface area contributed by atoms with E-state index in [1.807, 2.05) is 37.3 Å². The molecule has 2 amide bonds. The Bertz CT molecular complexity index is 1530. The lowest BCUT2D eigenvalue weighted by molar-refractivity contribution is -0.142. The zero-order valence-corrected chi connectivity index (χ0v) is 22.6. The summed E-state index contributed by atoms with van der Waals surface area (Å²) in [5.74, 6) is -0.623. The SMILES string of the molecule is CCCCN(CC(=O)N(Cc1ccc(F)cc1)Cc1coc2ccccc2c1=O)C(=O)C1CC1c1ccccc1. The summed E-state index contributed by atoms with van der Waals surface area (Å²) in [5.41, 5.74) is 2.47. The molecule has 3 aromatic carbocycles. The third-order valence-corrected chi connectivity index (χ3v) is 7.51. The van der Waals surface area contributed by atoms with Crippen molar-refractivity contribution in [3.63, 3.8) is 0 Å². The molecular formula is C33H33FN2O4. The van der Waals surface area contributed by atoms with E-state index in [2.05, 4.69) is 0 Å². The van der Waals surface area contributed by atoms with Crippen molar-refractivity contribution < 1.29 is 18.4 Å². The molecule has 6 nitrogen and oxygen atoms in total. The van der Waals surface area contributed by atoms with Crippen LogP contribution in [-0.2, 0) is 22.7 Å². The Morgan fingerprint density at radius 2 is 1.65 bits per heavy atom. The number of halogens is 1. The summed E-state index contributed by atoms with van der Waals surface area (Å²) in [6, 6.07) is 22.9. The number of amides is 2. The van der Waals surface area contributed by atoms with E-state index in [-0.39, 0.29) is 54.5 Å². The van der Waals surface area contributed by atoms with Crippen LogP contribution < -0.4 is 5.43 Å². The fourth-order valence-electron chi connectivity index (χ4n) is 5.13. The molecule has 0 bridgehead atoms. The molecule has 2 atom stereocenters. The van der Waals surface area contributed by atoms with Crippen LogP contribution in [0.4, 0.5) is 4.39 Å². The standard InChI is InChI=1S/C33H33FN2O4/c1-2-3-17-35(33(39)29-18-28(29)24-9-5-4-6-10-24)21-31(37)36(19-23-13-15-26(34)16-14-23)20-25-22-40-30-12-8-7-11-27(30)32(25)38/h4-16,22,28-29H,2-3,17-21H2,1H3. The average molecular weight is 541 g/mol. The molecule has 1 fully saturated rings. The normalized spacial score (nSPS) is 16.1. The Morgan fingerprint density at radius 1 is 0.925 bits per heavy atom. The first-order valence-corrected chi connectivity index (χ1v) is 13.8. The minimum Gasteiger partial charge on any atom is -0.464 e. The summed E-state index contributed by atoms with van der Waals surface area (Å²) >= 11 is 0. The van der Waals surface area contributed by atoms with Gasteiger partial charge in [0.15, 0.2) is 5.43 Å². The number of benzene rings is 3. The fourth-order valence-corrected chi connectivity index (χ4v) is 5.13. The maximum atomic E-state index is 13.8. The van der Waals surface area contributed by atoms with E-state index in [0.717, 1.165) is 30.4 Å². The monoisotopic (exact) mass is 540 g/mol. The number of nitrogens with zero attached hydrogens (tertiary/aromatic N) is 2. The van der Waals surface area contributed by atoms with Crippen LogP contribution in [-0.4, -0.2) is 34.7 Å². The Labute approximate surface area is 233 Å². The van der Waals surface area contributed by atoms with Crippen molar-refractivity contribution in [3.05, 3.63) is 118 Å². The Kier molecular flexibility index (Phi) is 8.39. The van der Waals surface area contributed by atoms with Crippen LogP contribution in [0.25, 0.3) is 11.0 Å². The van der Waals surface area contributed by atoms with Gasteiger partial charge in [-0.2, -0.15) is 0 Å². The Balaban J connectivity index is 1.37. The van der Waals surface area contributed by atoms with Crippen LogP contribution in [0.15, 0.2) is 94.3 Å².